The maximum Gasteiger partial charge on any atom is 0.253 e. The molecule has 122 valence electrons. The molecule has 1 aromatic rings. The molecule has 0 atom stereocenters. The number of hydrogen-bond acceptors (Lipinski definition) is 3. The Morgan fingerprint density at radius 1 is 1.23 bits per heavy atom. The summed E-state index contributed by atoms with van der Waals surface area (Å²) in [6.07, 6.45) is 1.96. The molecule has 5 nitrogen and oxygen atoms in total. The van der Waals surface area contributed by atoms with E-state index in [1.54, 1.807) is 31.7 Å². The van der Waals surface area contributed by atoms with Crippen LogP contribution >= 0.6 is 11.6 Å². The van der Waals surface area contributed by atoms with Gasteiger partial charge in [-0.15, -0.1) is 0 Å². The molecule has 1 aliphatic heterocycles. The maximum absolute atomic E-state index is 12.4. The molecule has 0 radical (unpaired) electrons. The van der Waals surface area contributed by atoms with E-state index < -0.39 is 15.6 Å². The summed E-state index contributed by atoms with van der Waals surface area (Å²) in [5, 5.41) is 0.106. The minimum atomic E-state index is -3.78. The van der Waals surface area contributed by atoms with Crippen LogP contribution in [0.3, 0.4) is 0 Å². The SMILES string of the molecule is CC(C)(C)NS(=O)(=O)c1cc(C(=O)N2CCCC2)ccc1Cl. The second-order valence-corrected chi connectivity index (χ2v) is 8.56. The molecular formula is C15H21ClN2O3S. The quantitative estimate of drug-likeness (QED) is 0.916. The van der Waals surface area contributed by atoms with Crippen LogP contribution in [0.4, 0.5) is 0 Å². The van der Waals surface area contributed by atoms with Gasteiger partial charge in [-0.05, 0) is 51.8 Å². The Kier molecular flexibility index (Phi) is 4.84. The van der Waals surface area contributed by atoms with E-state index in [0.717, 1.165) is 12.8 Å². The van der Waals surface area contributed by atoms with E-state index >= 15 is 0 Å². The van der Waals surface area contributed by atoms with Crippen LogP contribution in [-0.2, 0) is 10.0 Å². The Morgan fingerprint density at radius 2 is 1.82 bits per heavy atom. The molecule has 1 saturated heterocycles. The van der Waals surface area contributed by atoms with E-state index in [0.29, 0.717) is 18.7 Å². The molecule has 1 fully saturated rings. The van der Waals surface area contributed by atoms with Crippen LogP contribution in [-0.4, -0.2) is 37.9 Å². The predicted molar refractivity (Wildman–Crippen MR) is 86.7 cm³/mol. The van der Waals surface area contributed by atoms with Gasteiger partial charge in [-0.3, -0.25) is 4.79 Å². The minimum Gasteiger partial charge on any atom is -0.339 e. The van der Waals surface area contributed by atoms with E-state index in [9.17, 15) is 13.2 Å². The predicted octanol–water partition coefficient (Wildman–Crippen LogP) is 2.65. The van der Waals surface area contributed by atoms with Gasteiger partial charge in [-0.1, -0.05) is 11.6 Å². The summed E-state index contributed by atoms with van der Waals surface area (Å²) >= 11 is 6.03. The van der Waals surface area contributed by atoms with Gasteiger partial charge in [0.1, 0.15) is 4.90 Å². The van der Waals surface area contributed by atoms with E-state index in [1.165, 1.54) is 12.1 Å². The number of amides is 1. The van der Waals surface area contributed by atoms with Gasteiger partial charge in [-0.25, -0.2) is 13.1 Å². The number of sulfonamides is 1. The third kappa shape index (κ3) is 4.00. The highest BCUT2D eigenvalue weighted by Crippen LogP contribution is 2.25. The van der Waals surface area contributed by atoms with Gasteiger partial charge in [-0.2, -0.15) is 0 Å². The molecule has 0 aliphatic carbocycles. The van der Waals surface area contributed by atoms with Crippen LogP contribution in [0.15, 0.2) is 23.1 Å². The number of rotatable bonds is 3. The molecule has 1 aliphatic rings. The van der Waals surface area contributed by atoms with Crippen LogP contribution in [0.25, 0.3) is 0 Å². The van der Waals surface area contributed by atoms with Crippen molar-refractivity contribution in [1.82, 2.24) is 9.62 Å². The number of hydrogen-bond donors (Lipinski definition) is 1. The minimum absolute atomic E-state index is 0.0610. The first-order chi connectivity index (χ1) is 10.1. The average Bonchev–Trinajstić information content (AvgIpc) is 2.89. The number of carbonyl (C=O) groups excluding carboxylic acids is 1. The molecule has 22 heavy (non-hydrogen) atoms. The average molecular weight is 345 g/mol. The van der Waals surface area contributed by atoms with Crippen molar-refractivity contribution >= 4 is 27.5 Å². The summed E-state index contributed by atoms with van der Waals surface area (Å²) < 4.78 is 27.4. The van der Waals surface area contributed by atoms with E-state index in [4.69, 9.17) is 11.6 Å². The molecule has 7 heteroatoms. The Bertz CT molecular complexity index is 675. The van der Waals surface area contributed by atoms with Gasteiger partial charge in [0, 0.05) is 24.2 Å². The van der Waals surface area contributed by atoms with Crippen molar-refractivity contribution in [2.45, 2.75) is 44.0 Å². The first kappa shape index (κ1) is 17.2. The monoisotopic (exact) mass is 344 g/mol. The Morgan fingerprint density at radius 3 is 2.36 bits per heavy atom. The van der Waals surface area contributed by atoms with Gasteiger partial charge in [0.25, 0.3) is 5.91 Å². The lowest BCUT2D eigenvalue weighted by Crippen LogP contribution is -2.40. The van der Waals surface area contributed by atoms with Gasteiger partial charge in [0.05, 0.1) is 5.02 Å². The third-order valence-electron chi connectivity index (χ3n) is 3.30. The van der Waals surface area contributed by atoms with Gasteiger partial charge >= 0.3 is 0 Å². The lowest BCUT2D eigenvalue weighted by atomic mass is 10.1. The standard InChI is InChI=1S/C15H21ClN2O3S/c1-15(2,3)17-22(20,21)13-10-11(6-7-12(13)16)14(19)18-8-4-5-9-18/h6-7,10,17H,4-5,8-9H2,1-3H3. The second kappa shape index (κ2) is 6.18. The molecule has 1 N–H and O–H groups in total. The number of likely N-dealkylation sites (tertiary alicyclic amines) is 1. The second-order valence-electron chi connectivity index (χ2n) is 6.50. The van der Waals surface area contributed by atoms with E-state index in [2.05, 4.69) is 4.72 Å². The summed E-state index contributed by atoms with van der Waals surface area (Å²) in [6.45, 7) is 6.67. The molecule has 0 bridgehead atoms. The fourth-order valence-electron chi connectivity index (χ4n) is 2.40. The summed E-state index contributed by atoms with van der Waals surface area (Å²) in [7, 11) is -3.78. The Labute approximate surface area is 136 Å². The lowest BCUT2D eigenvalue weighted by molar-refractivity contribution is 0.0792. The lowest BCUT2D eigenvalue weighted by Gasteiger charge is -2.21. The molecular weight excluding hydrogens is 324 g/mol. The zero-order chi connectivity index (χ0) is 16.5. The summed E-state index contributed by atoms with van der Waals surface area (Å²) in [6, 6.07) is 4.39. The van der Waals surface area contributed by atoms with E-state index in [-0.39, 0.29) is 15.8 Å². The van der Waals surface area contributed by atoms with E-state index in [1.807, 2.05) is 0 Å². The summed E-state index contributed by atoms with van der Waals surface area (Å²) in [5.41, 5.74) is -0.280. The maximum atomic E-state index is 12.4. The number of nitrogens with zero attached hydrogens (tertiary/aromatic N) is 1. The Balaban J connectivity index is 2.36. The zero-order valence-corrected chi connectivity index (χ0v) is 14.6. The molecule has 0 spiro atoms. The highest BCUT2D eigenvalue weighted by Gasteiger charge is 2.26. The smallest absolute Gasteiger partial charge is 0.253 e. The zero-order valence-electron chi connectivity index (χ0n) is 13.0. The normalized spacial score (nSPS) is 16.1. The van der Waals surface area contributed by atoms with Crippen molar-refractivity contribution in [1.29, 1.82) is 0 Å². The molecule has 1 heterocycles. The highest BCUT2D eigenvalue weighted by molar-refractivity contribution is 7.89. The van der Waals surface area contributed by atoms with Crippen molar-refractivity contribution in [2.24, 2.45) is 0 Å². The molecule has 0 unspecified atom stereocenters. The van der Waals surface area contributed by atoms with Crippen molar-refractivity contribution in [3.8, 4) is 0 Å². The van der Waals surface area contributed by atoms with Gasteiger partial charge < -0.3 is 4.90 Å². The third-order valence-corrected chi connectivity index (χ3v) is 5.54. The van der Waals surface area contributed by atoms with Crippen molar-refractivity contribution in [3.63, 3.8) is 0 Å². The highest BCUT2D eigenvalue weighted by atomic mass is 35.5. The fraction of sp³-hybridized carbons (Fsp3) is 0.533. The molecule has 2 rings (SSSR count). The first-order valence-electron chi connectivity index (χ1n) is 7.23. The first-order valence-corrected chi connectivity index (χ1v) is 9.09. The van der Waals surface area contributed by atoms with Gasteiger partial charge in [0.2, 0.25) is 10.0 Å². The van der Waals surface area contributed by atoms with Crippen molar-refractivity contribution in [3.05, 3.63) is 28.8 Å². The molecule has 0 aromatic heterocycles. The fourth-order valence-corrected chi connectivity index (χ4v) is 4.35. The number of halogens is 1. The molecule has 1 aromatic carbocycles. The van der Waals surface area contributed by atoms with Crippen LogP contribution in [0.2, 0.25) is 5.02 Å². The van der Waals surface area contributed by atoms with Gasteiger partial charge in [0.15, 0.2) is 0 Å². The van der Waals surface area contributed by atoms with Crippen LogP contribution < -0.4 is 4.72 Å². The largest absolute Gasteiger partial charge is 0.339 e. The molecule has 1 amide bonds. The number of benzene rings is 1. The van der Waals surface area contributed by atoms with Crippen molar-refractivity contribution < 1.29 is 13.2 Å². The van der Waals surface area contributed by atoms with Crippen LogP contribution in [0.1, 0.15) is 44.0 Å². The summed E-state index contributed by atoms with van der Waals surface area (Å²) in [5.74, 6) is -0.152. The summed E-state index contributed by atoms with van der Waals surface area (Å²) in [4.78, 5) is 14.1. The Hall–Kier alpha value is -1.11. The molecule has 0 saturated carbocycles. The number of carbonyl (C=O) groups is 1. The van der Waals surface area contributed by atoms with Crippen LogP contribution in [0, 0.1) is 0 Å². The van der Waals surface area contributed by atoms with Crippen molar-refractivity contribution in [2.75, 3.05) is 13.1 Å². The number of nitrogens with one attached hydrogen (secondary N) is 1. The topological polar surface area (TPSA) is 66.5 Å². The van der Waals surface area contributed by atoms with Crippen LogP contribution in [0.5, 0.6) is 0 Å².